The quantitative estimate of drug-likeness (QED) is 0.876. The largest absolute Gasteiger partial charge is 0.387 e. The molecule has 0 fully saturated rings. The van der Waals surface area contributed by atoms with Gasteiger partial charge in [-0.15, -0.1) is 5.10 Å². The lowest BCUT2D eigenvalue weighted by Crippen LogP contribution is -1.96. The highest BCUT2D eigenvalue weighted by atomic mass is 35.5. The molecule has 0 saturated heterocycles. The highest BCUT2D eigenvalue weighted by molar-refractivity contribution is 6.32. The fourth-order valence-corrected chi connectivity index (χ4v) is 1.51. The number of rotatable bonds is 2. The molecular weight excluding hydrogens is 233 g/mol. The van der Waals surface area contributed by atoms with Crippen LogP contribution in [-0.2, 0) is 0 Å². The van der Waals surface area contributed by atoms with E-state index < -0.39 is 11.9 Å². The van der Waals surface area contributed by atoms with Gasteiger partial charge in [-0.3, -0.25) is 0 Å². The molecule has 84 valence electrons. The Morgan fingerprint density at radius 1 is 1.50 bits per heavy atom. The van der Waals surface area contributed by atoms with Crippen LogP contribution in [0.15, 0.2) is 24.4 Å². The van der Waals surface area contributed by atoms with Crippen molar-refractivity contribution in [1.29, 1.82) is 0 Å². The van der Waals surface area contributed by atoms with Gasteiger partial charge in [0.15, 0.2) is 0 Å². The van der Waals surface area contributed by atoms with E-state index in [1.54, 1.807) is 13.1 Å². The molecule has 16 heavy (non-hydrogen) atoms. The van der Waals surface area contributed by atoms with Gasteiger partial charge in [-0.05, 0) is 25.1 Å². The first kappa shape index (κ1) is 11.0. The summed E-state index contributed by atoms with van der Waals surface area (Å²) in [6.45, 7) is 1.58. The van der Waals surface area contributed by atoms with Crippen LogP contribution in [0.1, 0.15) is 18.7 Å². The monoisotopic (exact) mass is 241 g/mol. The first-order chi connectivity index (χ1) is 7.58. The molecule has 1 aromatic carbocycles. The Balaban J connectivity index is 2.42. The molecule has 2 rings (SSSR count). The summed E-state index contributed by atoms with van der Waals surface area (Å²) in [6.07, 6.45) is 0.844. The van der Waals surface area contributed by atoms with Crippen molar-refractivity contribution in [2.24, 2.45) is 0 Å². The van der Waals surface area contributed by atoms with Crippen molar-refractivity contribution >= 4 is 11.6 Å². The molecule has 1 heterocycles. The van der Waals surface area contributed by atoms with E-state index in [-0.39, 0.29) is 5.02 Å². The zero-order chi connectivity index (χ0) is 11.7. The number of aliphatic hydroxyl groups is 1. The molecular formula is C10H9ClFN3O. The lowest BCUT2D eigenvalue weighted by Gasteiger charge is -2.02. The van der Waals surface area contributed by atoms with Gasteiger partial charge in [0, 0.05) is 0 Å². The minimum absolute atomic E-state index is 0.238. The summed E-state index contributed by atoms with van der Waals surface area (Å²) < 4.78 is 14.2. The molecule has 0 radical (unpaired) electrons. The minimum Gasteiger partial charge on any atom is -0.387 e. The summed E-state index contributed by atoms with van der Waals surface area (Å²) in [6, 6.07) is 3.98. The molecule has 0 spiro atoms. The maximum Gasteiger partial charge on any atom is 0.124 e. The van der Waals surface area contributed by atoms with E-state index in [1.165, 1.54) is 22.9 Å². The SMILES string of the molecule is CC(O)c1cn(-c2ccc(F)cc2Cl)nn1. The number of aromatic nitrogens is 3. The highest BCUT2D eigenvalue weighted by Crippen LogP contribution is 2.21. The number of nitrogens with zero attached hydrogens (tertiary/aromatic N) is 3. The van der Waals surface area contributed by atoms with Crippen LogP contribution in [0, 0.1) is 5.82 Å². The molecule has 4 nitrogen and oxygen atoms in total. The highest BCUT2D eigenvalue weighted by Gasteiger charge is 2.10. The van der Waals surface area contributed by atoms with Gasteiger partial charge in [0.05, 0.1) is 23.0 Å². The minimum atomic E-state index is -0.701. The number of halogens is 2. The fourth-order valence-electron chi connectivity index (χ4n) is 1.25. The van der Waals surface area contributed by atoms with Gasteiger partial charge in [0.25, 0.3) is 0 Å². The molecule has 1 atom stereocenters. The Morgan fingerprint density at radius 3 is 2.81 bits per heavy atom. The number of aliphatic hydroxyl groups excluding tert-OH is 1. The van der Waals surface area contributed by atoms with Gasteiger partial charge in [-0.2, -0.15) is 0 Å². The molecule has 0 bridgehead atoms. The Hall–Kier alpha value is -1.46. The fraction of sp³-hybridized carbons (Fsp3) is 0.200. The molecule has 1 unspecified atom stereocenters. The maximum absolute atomic E-state index is 12.8. The van der Waals surface area contributed by atoms with Gasteiger partial charge in [-0.1, -0.05) is 16.8 Å². The zero-order valence-corrected chi connectivity index (χ0v) is 9.19. The van der Waals surface area contributed by atoms with Crippen molar-refractivity contribution in [2.75, 3.05) is 0 Å². The van der Waals surface area contributed by atoms with Crippen LogP contribution in [0.4, 0.5) is 4.39 Å². The maximum atomic E-state index is 12.8. The van der Waals surface area contributed by atoms with Crippen molar-refractivity contribution in [1.82, 2.24) is 15.0 Å². The summed E-state index contributed by atoms with van der Waals surface area (Å²) in [5.41, 5.74) is 0.947. The second kappa shape index (κ2) is 4.19. The van der Waals surface area contributed by atoms with E-state index >= 15 is 0 Å². The third kappa shape index (κ3) is 2.05. The lowest BCUT2D eigenvalue weighted by atomic mass is 10.3. The summed E-state index contributed by atoms with van der Waals surface area (Å²) in [5.74, 6) is -0.412. The lowest BCUT2D eigenvalue weighted by molar-refractivity contribution is 0.194. The second-order valence-corrected chi connectivity index (χ2v) is 3.77. The van der Waals surface area contributed by atoms with Gasteiger partial charge in [0.2, 0.25) is 0 Å². The first-order valence-electron chi connectivity index (χ1n) is 4.63. The Morgan fingerprint density at radius 2 is 2.25 bits per heavy atom. The molecule has 0 aliphatic rings. The summed E-state index contributed by atoms with van der Waals surface area (Å²) in [5, 5.41) is 17.1. The van der Waals surface area contributed by atoms with Gasteiger partial charge in [0.1, 0.15) is 11.5 Å². The van der Waals surface area contributed by atoms with Crippen molar-refractivity contribution in [2.45, 2.75) is 13.0 Å². The number of hydrogen-bond donors (Lipinski definition) is 1. The van der Waals surface area contributed by atoms with Gasteiger partial charge in [-0.25, -0.2) is 9.07 Å². The van der Waals surface area contributed by atoms with E-state index in [9.17, 15) is 9.50 Å². The van der Waals surface area contributed by atoms with Crippen molar-refractivity contribution in [3.8, 4) is 5.69 Å². The summed E-state index contributed by atoms with van der Waals surface area (Å²) in [4.78, 5) is 0. The van der Waals surface area contributed by atoms with Crippen LogP contribution in [0.5, 0.6) is 0 Å². The Bertz CT molecular complexity index is 513. The molecule has 1 aromatic heterocycles. The molecule has 1 N–H and O–H groups in total. The van der Waals surface area contributed by atoms with Crippen molar-refractivity contribution in [3.05, 3.63) is 40.9 Å². The predicted octanol–water partition coefficient (Wildman–Crippen LogP) is 2.11. The van der Waals surface area contributed by atoms with Crippen LogP contribution in [-0.4, -0.2) is 20.1 Å². The second-order valence-electron chi connectivity index (χ2n) is 3.36. The smallest absolute Gasteiger partial charge is 0.124 e. The van der Waals surface area contributed by atoms with Crippen LogP contribution >= 0.6 is 11.6 Å². The average Bonchev–Trinajstić information content (AvgIpc) is 2.66. The van der Waals surface area contributed by atoms with E-state index in [4.69, 9.17) is 11.6 Å². The van der Waals surface area contributed by atoms with E-state index in [2.05, 4.69) is 10.3 Å². The molecule has 0 amide bonds. The normalized spacial score (nSPS) is 12.8. The van der Waals surface area contributed by atoms with Crippen LogP contribution in [0.3, 0.4) is 0 Å². The average molecular weight is 242 g/mol. The molecule has 0 aliphatic carbocycles. The van der Waals surface area contributed by atoms with E-state index in [0.717, 1.165) is 0 Å². The molecule has 0 aliphatic heterocycles. The third-order valence-electron chi connectivity index (χ3n) is 2.10. The van der Waals surface area contributed by atoms with Crippen LogP contribution in [0.2, 0.25) is 5.02 Å². The van der Waals surface area contributed by atoms with Gasteiger partial charge >= 0.3 is 0 Å². The Kier molecular flexibility index (Phi) is 2.89. The van der Waals surface area contributed by atoms with Crippen molar-refractivity contribution in [3.63, 3.8) is 0 Å². The molecule has 0 saturated carbocycles. The third-order valence-corrected chi connectivity index (χ3v) is 2.40. The van der Waals surface area contributed by atoms with Gasteiger partial charge < -0.3 is 5.11 Å². The molecule has 2 aromatic rings. The standard InChI is InChI=1S/C10H9ClFN3O/c1-6(16)9-5-15(14-13-9)10-3-2-7(12)4-8(10)11/h2-6,16H,1H3. The number of benzene rings is 1. The van der Waals surface area contributed by atoms with E-state index in [0.29, 0.717) is 11.4 Å². The van der Waals surface area contributed by atoms with Crippen LogP contribution < -0.4 is 0 Å². The zero-order valence-electron chi connectivity index (χ0n) is 8.43. The van der Waals surface area contributed by atoms with Crippen molar-refractivity contribution < 1.29 is 9.50 Å². The molecule has 6 heteroatoms. The number of hydrogen-bond acceptors (Lipinski definition) is 3. The summed E-state index contributed by atoms with van der Waals surface area (Å²) >= 11 is 5.86. The topological polar surface area (TPSA) is 50.9 Å². The van der Waals surface area contributed by atoms with Crippen LogP contribution in [0.25, 0.3) is 5.69 Å². The summed E-state index contributed by atoms with van der Waals surface area (Å²) in [7, 11) is 0. The van der Waals surface area contributed by atoms with E-state index in [1.807, 2.05) is 0 Å². The predicted molar refractivity (Wildman–Crippen MR) is 57.0 cm³/mol. The first-order valence-corrected chi connectivity index (χ1v) is 5.01. The Labute approximate surface area is 96.3 Å².